The van der Waals surface area contributed by atoms with E-state index < -0.39 is 6.10 Å². The third-order valence-corrected chi connectivity index (χ3v) is 4.88. The standard InChI is InChI=1S/C15H24N2O2/c1-9(2)17-14(12(19-3)8-16-17)15(18)13-10-6-4-5-7-11(10)13/h8-11,13,15,18H,4-7H2,1-3H3. The minimum absolute atomic E-state index is 0.245. The van der Waals surface area contributed by atoms with Crippen LogP contribution in [0.15, 0.2) is 6.20 Å². The van der Waals surface area contributed by atoms with Gasteiger partial charge in [0, 0.05) is 6.04 Å². The second-order valence-electron chi connectivity index (χ2n) is 6.27. The van der Waals surface area contributed by atoms with Crippen LogP contribution in [0.2, 0.25) is 0 Å². The molecule has 1 N–H and O–H groups in total. The van der Waals surface area contributed by atoms with Crippen LogP contribution in [0.4, 0.5) is 0 Å². The number of nitrogens with zero attached hydrogens (tertiary/aromatic N) is 2. The Labute approximate surface area is 114 Å². The number of aliphatic hydroxyl groups excluding tert-OH is 1. The lowest BCUT2D eigenvalue weighted by Gasteiger charge is -2.17. The van der Waals surface area contributed by atoms with Crippen LogP contribution in [-0.2, 0) is 0 Å². The SMILES string of the molecule is COc1cnn(C(C)C)c1C(O)C1C2CCCCC21. The summed E-state index contributed by atoms with van der Waals surface area (Å²) < 4.78 is 7.30. The van der Waals surface area contributed by atoms with Crippen LogP contribution in [0.5, 0.6) is 5.75 Å². The van der Waals surface area contributed by atoms with Crippen molar-refractivity contribution in [3.8, 4) is 5.75 Å². The first kappa shape index (κ1) is 13.0. The van der Waals surface area contributed by atoms with Gasteiger partial charge in [-0.25, -0.2) is 0 Å². The molecule has 3 atom stereocenters. The van der Waals surface area contributed by atoms with Crippen LogP contribution in [0.3, 0.4) is 0 Å². The first-order valence-corrected chi connectivity index (χ1v) is 7.44. The van der Waals surface area contributed by atoms with Gasteiger partial charge in [0.15, 0.2) is 5.75 Å². The molecule has 0 spiro atoms. The fourth-order valence-corrected chi connectivity index (χ4v) is 3.90. The zero-order chi connectivity index (χ0) is 13.6. The number of aliphatic hydroxyl groups is 1. The molecule has 4 nitrogen and oxygen atoms in total. The van der Waals surface area contributed by atoms with Crippen LogP contribution in [0.1, 0.15) is 57.4 Å². The summed E-state index contributed by atoms with van der Waals surface area (Å²) in [5.41, 5.74) is 0.872. The maximum Gasteiger partial charge on any atom is 0.162 e. The Bertz CT molecular complexity index is 443. The van der Waals surface area contributed by atoms with E-state index >= 15 is 0 Å². The minimum atomic E-state index is -0.423. The van der Waals surface area contributed by atoms with Gasteiger partial charge < -0.3 is 9.84 Å². The lowest BCUT2D eigenvalue weighted by molar-refractivity contribution is 0.126. The molecule has 1 heterocycles. The summed E-state index contributed by atoms with van der Waals surface area (Å²) in [6, 6.07) is 0.245. The summed E-state index contributed by atoms with van der Waals surface area (Å²) in [6.45, 7) is 4.17. The fraction of sp³-hybridized carbons (Fsp3) is 0.800. The van der Waals surface area contributed by atoms with Gasteiger partial charge in [-0.15, -0.1) is 0 Å². The predicted molar refractivity (Wildman–Crippen MR) is 73.1 cm³/mol. The van der Waals surface area contributed by atoms with Gasteiger partial charge in [-0.2, -0.15) is 5.10 Å². The van der Waals surface area contributed by atoms with E-state index in [9.17, 15) is 5.11 Å². The molecule has 19 heavy (non-hydrogen) atoms. The van der Waals surface area contributed by atoms with E-state index in [4.69, 9.17) is 4.74 Å². The Morgan fingerprint density at radius 3 is 2.47 bits per heavy atom. The highest BCUT2D eigenvalue weighted by molar-refractivity contribution is 5.30. The first-order chi connectivity index (χ1) is 9.15. The van der Waals surface area contributed by atoms with Crippen LogP contribution >= 0.6 is 0 Å². The van der Waals surface area contributed by atoms with Gasteiger partial charge in [0.25, 0.3) is 0 Å². The second kappa shape index (κ2) is 4.82. The summed E-state index contributed by atoms with van der Waals surface area (Å²) in [7, 11) is 1.65. The zero-order valence-electron chi connectivity index (χ0n) is 12.0. The zero-order valence-corrected chi connectivity index (χ0v) is 12.0. The van der Waals surface area contributed by atoms with Gasteiger partial charge in [-0.05, 0) is 44.4 Å². The molecule has 2 saturated carbocycles. The largest absolute Gasteiger partial charge is 0.493 e. The molecule has 2 fully saturated rings. The van der Waals surface area contributed by atoms with Crippen molar-refractivity contribution in [1.82, 2.24) is 9.78 Å². The topological polar surface area (TPSA) is 47.3 Å². The summed E-state index contributed by atoms with van der Waals surface area (Å²) in [6.07, 6.45) is 6.52. The van der Waals surface area contributed by atoms with Gasteiger partial charge in [-0.1, -0.05) is 12.8 Å². The molecule has 0 amide bonds. The van der Waals surface area contributed by atoms with Gasteiger partial charge in [0.1, 0.15) is 11.8 Å². The van der Waals surface area contributed by atoms with E-state index in [0.29, 0.717) is 5.92 Å². The van der Waals surface area contributed by atoms with Crippen molar-refractivity contribution in [3.05, 3.63) is 11.9 Å². The van der Waals surface area contributed by atoms with Crippen molar-refractivity contribution >= 4 is 0 Å². The van der Waals surface area contributed by atoms with Crippen molar-refractivity contribution in [2.45, 2.75) is 51.7 Å². The van der Waals surface area contributed by atoms with Crippen molar-refractivity contribution in [2.75, 3.05) is 7.11 Å². The minimum Gasteiger partial charge on any atom is -0.493 e. The highest BCUT2D eigenvalue weighted by atomic mass is 16.5. The van der Waals surface area contributed by atoms with Crippen molar-refractivity contribution in [2.24, 2.45) is 17.8 Å². The predicted octanol–water partition coefficient (Wildman–Crippen LogP) is 2.94. The van der Waals surface area contributed by atoms with Gasteiger partial charge >= 0.3 is 0 Å². The number of rotatable bonds is 4. The summed E-state index contributed by atoms with van der Waals surface area (Å²) in [5.74, 6) is 2.60. The molecule has 0 aromatic carbocycles. The highest BCUT2D eigenvalue weighted by Crippen LogP contribution is 2.61. The number of fused-ring (bicyclic) bond motifs is 1. The molecule has 4 heteroatoms. The Kier molecular flexibility index (Phi) is 3.29. The summed E-state index contributed by atoms with van der Waals surface area (Å²) >= 11 is 0. The van der Waals surface area contributed by atoms with Crippen LogP contribution < -0.4 is 4.74 Å². The van der Waals surface area contributed by atoms with Crippen LogP contribution in [0.25, 0.3) is 0 Å². The monoisotopic (exact) mass is 264 g/mol. The number of hydrogen-bond acceptors (Lipinski definition) is 3. The Hall–Kier alpha value is -1.03. The maximum atomic E-state index is 10.8. The molecule has 106 valence electrons. The molecule has 3 unspecified atom stereocenters. The maximum absolute atomic E-state index is 10.8. The Morgan fingerprint density at radius 2 is 1.95 bits per heavy atom. The number of methoxy groups -OCH3 is 1. The number of ether oxygens (including phenoxy) is 1. The molecule has 0 saturated heterocycles. The van der Waals surface area contributed by atoms with Crippen molar-refractivity contribution < 1.29 is 9.84 Å². The number of hydrogen-bond donors (Lipinski definition) is 1. The molecule has 0 radical (unpaired) electrons. The molecular formula is C15H24N2O2. The van der Waals surface area contributed by atoms with E-state index in [-0.39, 0.29) is 6.04 Å². The molecule has 0 aliphatic heterocycles. The van der Waals surface area contributed by atoms with E-state index in [1.54, 1.807) is 13.3 Å². The molecule has 1 aromatic heterocycles. The van der Waals surface area contributed by atoms with Gasteiger partial charge in [-0.3, -0.25) is 4.68 Å². The Balaban J connectivity index is 1.87. The molecule has 2 aliphatic carbocycles. The van der Waals surface area contributed by atoms with E-state index in [1.165, 1.54) is 25.7 Å². The quantitative estimate of drug-likeness (QED) is 0.909. The average molecular weight is 264 g/mol. The fourth-order valence-electron chi connectivity index (χ4n) is 3.90. The van der Waals surface area contributed by atoms with Crippen molar-refractivity contribution in [3.63, 3.8) is 0 Å². The lowest BCUT2D eigenvalue weighted by atomic mass is 10.0. The molecule has 2 aliphatic rings. The van der Waals surface area contributed by atoms with Crippen molar-refractivity contribution in [1.29, 1.82) is 0 Å². The molecule has 0 bridgehead atoms. The van der Waals surface area contributed by atoms with E-state index in [1.807, 2.05) is 4.68 Å². The van der Waals surface area contributed by atoms with Gasteiger partial charge in [0.2, 0.25) is 0 Å². The lowest BCUT2D eigenvalue weighted by Crippen LogP contribution is -2.14. The van der Waals surface area contributed by atoms with E-state index in [2.05, 4.69) is 18.9 Å². The third-order valence-electron chi connectivity index (χ3n) is 4.88. The smallest absolute Gasteiger partial charge is 0.162 e. The molecule has 3 rings (SSSR count). The van der Waals surface area contributed by atoms with Crippen LogP contribution in [-0.4, -0.2) is 22.0 Å². The summed E-state index contributed by atoms with van der Waals surface area (Å²) in [5, 5.41) is 15.1. The molecule has 1 aromatic rings. The van der Waals surface area contributed by atoms with Crippen LogP contribution in [0, 0.1) is 17.8 Å². The number of aromatic nitrogens is 2. The second-order valence-corrected chi connectivity index (χ2v) is 6.27. The van der Waals surface area contributed by atoms with E-state index in [0.717, 1.165) is 23.3 Å². The van der Waals surface area contributed by atoms with Gasteiger partial charge in [0.05, 0.1) is 13.3 Å². The normalized spacial score (nSPS) is 31.1. The molecular weight excluding hydrogens is 240 g/mol. The Morgan fingerprint density at radius 1 is 1.32 bits per heavy atom. The average Bonchev–Trinajstić information content (AvgIpc) is 2.96. The highest BCUT2D eigenvalue weighted by Gasteiger charge is 2.55. The third kappa shape index (κ3) is 2.06. The first-order valence-electron chi connectivity index (χ1n) is 7.44. The summed E-state index contributed by atoms with van der Waals surface area (Å²) in [4.78, 5) is 0.